The van der Waals surface area contributed by atoms with Crippen LogP contribution in [-0.2, 0) is 16.1 Å². The second-order valence-corrected chi connectivity index (χ2v) is 6.12. The maximum atomic E-state index is 12.2. The Bertz CT molecular complexity index is 977. The van der Waals surface area contributed by atoms with Crippen LogP contribution >= 0.6 is 11.8 Å². The highest BCUT2D eigenvalue weighted by Gasteiger charge is 2.15. The molecule has 0 spiro atoms. The fraction of sp³-hybridized carbons (Fsp3) is 0.125. The number of primary amides is 1. The lowest BCUT2D eigenvalue weighted by molar-refractivity contribution is -0.117. The molecule has 9 nitrogen and oxygen atoms in total. The quantitative estimate of drug-likeness (QED) is 0.596. The molecule has 0 atom stereocenters. The average molecular weight is 374 g/mol. The first kappa shape index (κ1) is 17.5. The number of amides is 2. The van der Waals surface area contributed by atoms with E-state index in [9.17, 15) is 14.4 Å². The van der Waals surface area contributed by atoms with E-state index in [1.54, 1.807) is 36.4 Å². The molecule has 3 N–H and O–H groups in total. The lowest BCUT2D eigenvalue weighted by atomic mass is 10.3. The molecule has 3 aromatic rings. The summed E-state index contributed by atoms with van der Waals surface area (Å²) in [4.78, 5) is 35.7. The third kappa shape index (κ3) is 4.22. The number of thioether (sulfide) groups is 1. The second kappa shape index (κ2) is 7.74. The number of hydrogen-bond donors (Lipinski definition) is 2. The van der Waals surface area contributed by atoms with Crippen LogP contribution in [0.25, 0.3) is 11.7 Å². The molecule has 0 radical (unpaired) electrons. The first-order valence-corrected chi connectivity index (χ1v) is 8.43. The van der Waals surface area contributed by atoms with Crippen LogP contribution in [0.3, 0.4) is 0 Å². The number of para-hydroxylation sites is 1. The molecular weight excluding hydrogens is 360 g/mol. The van der Waals surface area contributed by atoms with Gasteiger partial charge >= 0.3 is 5.76 Å². The normalized spacial score (nSPS) is 10.6. The number of furan rings is 1. The third-order valence-corrected chi connectivity index (χ3v) is 4.26. The van der Waals surface area contributed by atoms with Crippen molar-refractivity contribution >= 4 is 29.3 Å². The van der Waals surface area contributed by atoms with Gasteiger partial charge in [0.25, 0.3) is 5.89 Å². The van der Waals surface area contributed by atoms with Gasteiger partial charge in [0.1, 0.15) is 6.54 Å². The summed E-state index contributed by atoms with van der Waals surface area (Å²) < 4.78 is 11.0. The van der Waals surface area contributed by atoms with Crippen molar-refractivity contribution in [2.45, 2.75) is 11.4 Å². The van der Waals surface area contributed by atoms with Gasteiger partial charge in [-0.15, -0.1) is 16.9 Å². The molecule has 0 aliphatic carbocycles. The van der Waals surface area contributed by atoms with Gasteiger partial charge in [-0.05, 0) is 24.3 Å². The van der Waals surface area contributed by atoms with Crippen molar-refractivity contribution in [1.82, 2.24) is 9.78 Å². The molecule has 0 saturated carbocycles. The number of carbonyl (C=O) groups is 2. The van der Waals surface area contributed by atoms with Crippen LogP contribution in [0, 0.1) is 0 Å². The molecule has 2 amide bonds. The summed E-state index contributed by atoms with van der Waals surface area (Å²) in [6.07, 6.45) is 1.42. The minimum atomic E-state index is -0.775. The van der Waals surface area contributed by atoms with E-state index in [4.69, 9.17) is 14.6 Å². The van der Waals surface area contributed by atoms with E-state index in [-0.39, 0.29) is 23.9 Å². The van der Waals surface area contributed by atoms with Crippen molar-refractivity contribution in [2.24, 2.45) is 5.73 Å². The maximum Gasteiger partial charge on any atom is 0.437 e. The molecule has 0 fully saturated rings. The number of carbonyl (C=O) groups excluding carboxylic acids is 2. The van der Waals surface area contributed by atoms with Crippen LogP contribution in [-0.4, -0.2) is 27.3 Å². The van der Waals surface area contributed by atoms with Gasteiger partial charge in [0.15, 0.2) is 5.76 Å². The van der Waals surface area contributed by atoms with Crippen molar-refractivity contribution in [2.75, 3.05) is 11.1 Å². The number of rotatable bonds is 7. The molecule has 3 rings (SSSR count). The molecule has 0 aliphatic heterocycles. The van der Waals surface area contributed by atoms with E-state index in [1.165, 1.54) is 18.0 Å². The minimum Gasteiger partial charge on any atom is -0.459 e. The molecule has 26 heavy (non-hydrogen) atoms. The number of nitrogens with one attached hydrogen (secondary N) is 1. The molecule has 2 heterocycles. The van der Waals surface area contributed by atoms with E-state index in [1.807, 2.05) is 0 Å². The van der Waals surface area contributed by atoms with E-state index in [2.05, 4.69) is 10.4 Å². The Hall–Kier alpha value is -3.27. The van der Waals surface area contributed by atoms with Gasteiger partial charge in [-0.2, -0.15) is 4.68 Å². The summed E-state index contributed by atoms with van der Waals surface area (Å²) in [5.74, 6) is -1.35. The van der Waals surface area contributed by atoms with E-state index < -0.39 is 17.6 Å². The molecule has 2 aromatic heterocycles. The summed E-state index contributed by atoms with van der Waals surface area (Å²) in [6, 6.07) is 10.2. The SMILES string of the molecule is NC(=O)CSc1ccccc1NC(=O)Cn1nc(-c2ccco2)oc1=O. The first-order valence-electron chi connectivity index (χ1n) is 7.45. The van der Waals surface area contributed by atoms with Gasteiger partial charge in [-0.3, -0.25) is 9.59 Å². The second-order valence-electron chi connectivity index (χ2n) is 5.11. The number of anilines is 1. The van der Waals surface area contributed by atoms with Crippen LogP contribution in [0.1, 0.15) is 0 Å². The zero-order valence-corrected chi connectivity index (χ0v) is 14.2. The van der Waals surface area contributed by atoms with Crippen molar-refractivity contribution in [3.8, 4) is 11.7 Å². The van der Waals surface area contributed by atoms with Crippen LogP contribution in [0.4, 0.5) is 5.69 Å². The van der Waals surface area contributed by atoms with Crippen LogP contribution in [0.5, 0.6) is 0 Å². The number of hydrogen-bond acceptors (Lipinski definition) is 7. The number of aromatic nitrogens is 2. The fourth-order valence-corrected chi connectivity index (χ4v) is 2.82. The Kier molecular flexibility index (Phi) is 5.23. The van der Waals surface area contributed by atoms with Gasteiger partial charge < -0.3 is 19.9 Å². The zero-order chi connectivity index (χ0) is 18.5. The monoisotopic (exact) mass is 374 g/mol. The summed E-state index contributed by atoms with van der Waals surface area (Å²) >= 11 is 1.20. The smallest absolute Gasteiger partial charge is 0.437 e. The average Bonchev–Trinajstić information content (AvgIpc) is 3.24. The van der Waals surface area contributed by atoms with E-state index in [0.717, 1.165) is 4.68 Å². The Morgan fingerprint density at radius 3 is 2.77 bits per heavy atom. The van der Waals surface area contributed by atoms with Crippen LogP contribution in [0.2, 0.25) is 0 Å². The van der Waals surface area contributed by atoms with E-state index in [0.29, 0.717) is 10.6 Å². The highest BCUT2D eigenvalue weighted by Crippen LogP contribution is 2.26. The van der Waals surface area contributed by atoms with Crippen LogP contribution in [0.15, 0.2) is 61.2 Å². The molecule has 10 heteroatoms. The lowest BCUT2D eigenvalue weighted by Gasteiger charge is -2.09. The molecule has 134 valence electrons. The van der Waals surface area contributed by atoms with Crippen LogP contribution < -0.4 is 16.8 Å². The number of nitrogens with zero attached hydrogens (tertiary/aromatic N) is 2. The van der Waals surface area contributed by atoms with E-state index >= 15 is 0 Å². The molecule has 0 saturated heterocycles. The van der Waals surface area contributed by atoms with Crippen molar-refractivity contribution in [3.05, 3.63) is 53.2 Å². The summed E-state index contributed by atoms with van der Waals surface area (Å²) in [7, 11) is 0. The summed E-state index contributed by atoms with van der Waals surface area (Å²) in [5.41, 5.74) is 5.65. The summed E-state index contributed by atoms with van der Waals surface area (Å²) in [5, 5.41) is 6.61. The number of benzene rings is 1. The Balaban J connectivity index is 1.70. The molecule has 0 unspecified atom stereocenters. The molecule has 1 aromatic carbocycles. The highest BCUT2D eigenvalue weighted by molar-refractivity contribution is 8.00. The van der Waals surface area contributed by atoms with Gasteiger partial charge in [-0.1, -0.05) is 12.1 Å². The standard InChI is InChI=1S/C16H14N4O5S/c17-13(21)9-26-12-6-2-1-4-10(12)18-14(22)8-20-16(23)25-15(19-20)11-5-3-7-24-11/h1-7H,8-9H2,(H2,17,21)(H,18,22). The van der Waals surface area contributed by atoms with Crippen molar-refractivity contribution in [1.29, 1.82) is 0 Å². The highest BCUT2D eigenvalue weighted by atomic mass is 32.2. The molecule has 0 aliphatic rings. The molecular formula is C16H14N4O5S. The lowest BCUT2D eigenvalue weighted by Crippen LogP contribution is -2.26. The Morgan fingerprint density at radius 2 is 2.04 bits per heavy atom. The third-order valence-electron chi connectivity index (χ3n) is 3.16. The van der Waals surface area contributed by atoms with Gasteiger partial charge in [0.2, 0.25) is 11.8 Å². The first-order chi connectivity index (χ1) is 12.5. The van der Waals surface area contributed by atoms with Gasteiger partial charge in [-0.25, -0.2) is 4.79 Å². The Labute approximate surface area is 151 Å². The summed E-state index contributed by atoms with van der Waals surface area (Å²) in [6.45, 7) is -0.335. The minimum absolute atomic E-state index is 0.00906. The van der Waals surface area contributed by atoms with Gasteiger partial charge in [0.05, 0.1) is 17.7 Å². The van der Waals surface area contributed by atoms with Crippen molar-refractivity contribution < 1.29 is 18.4 Å². The fourth-order valence-electron chi connectivity index (χ4n) is 2.08. The molecule has 0 bridgehead atoms. The topological polar surface area (TPSA) is 133 Å². The predicted molar refractivity (Wildman–Crippen MR) is 93.5 cm³/mol. The number of nitrogens with two attached hydrogens (primary N) is 1. The van der Waals surface area contributed by atoms with Crippen molar-refractivity contribution in [3.63, 3.8) is 0 Å². The largest absolute Gasteiger partial charge is 0.459 e. The predicted octanol–water partition coefficient (Wildman–Crippen LogP) is 1.31. The van der Waals surface area contributed by atoms with Gasteiger partial charge in [0, 0.05) is 4.90 Å². The zero-order valence-electron chi connectivity index (χ0n) is 13.4. The Morgan fingerprint density at radius 1 is 1.23 bits per heavy atom. The maximum absolute atomic E-state index is 12.2.